The molecule has 54 valence electrons. The van der Waals surface area contributed by atoms with Gasteiger partial charge in [0.1, 0.15) is 12.1 Å². The van der Waals surface area contributed by atoms with Crippen molar-refractivity contribution in [3.8, 4) is 0 Å². The van der Waals surface area contributed by atoms with Gasteiger partial charge in [-0.15, -0.1) is 21.5 Å². The van der Waals surface area contributed by atoms with E-state index in [0.29, 0.717) is 0 Å². The number of carbonyl (C=O) groups is 1. The third kappa shape index (κ3) is 2.10. The van der Waals surface area contributed by atoms with Crippen LogP contribution in [0.1, 0.15) is 11.9 Å². The number of aromatic nitrogens is 2. The average molecular weight is 158 g/mol. The maximum absolute atomic E-state index is 10.3. The molecule has 0 bridgehead atoms. The van der Waals surface area contributed by atoms with Gasteiger partial charge >= 0.3 is 5.97 Å². The summed E-state index contributed by atoms with van der Waals surface area (Å²) in [7, 11) is 0. The molecule has 0 atom stereocenters. The molecule has 0 saturated heterocycles. The molecule has 0 aliphatic rings. The Morgan fingerprint density at radius 3 is 3.20 bits per heavy atom. The second-order valence-corrected chi connectivity index (χ2v) is 2.53. The molecule has 0 aliphatic heterocycles. The molecule has 1 aromatic heterocycles. The summed E-state index contributed by atoms with van der Waals surface area (Å²) in [5.74, 6) is -0.296. The van der Waals surface area contributed by atoms with E-state index in [0.717, 1.165) is 5.01 Å². The summed E-state index contributed by atoms with van der Waals surface area (Å²) in [4.78, 5) is 10.3. The predicted octanol–water partition coefficient (Wildman–Crippen LogP) is 0.601. The molecule has 1 aromatic rings. The first-order valence-electron chi connectivity index (χ1n) is 2.67. The lowest BCUT2D eigenvalue weighted by molar-refractivity contribution is -0.142. The second-order valence-electron chi connectivity index (χ2n) is 1.61. The summed E-state index contributed by atoms with van der Waals surface area (Å²) in [6.07, 6.45) is 0. The summed E-state index contributed by atoms with van der Waals surface area (Å²) in [6, 6.07) is 0. The third-order valence-electron chi connectivity index (χ3n) is 0.804. The highest BCUT2D eigenvalue weighted by atomic mass is 32.1. The zero-order valence-corrected chi connectivity index (χ0v) is 6.22. The zero-order chi connectivity index (χ0) is 7.40. The monoisotopic (exact) mass is 158 g/mol. The normalized spacial score (nSPS) is 9.30. The Hall–Kier alpha value is -0.970. The van der Waals surface area contributed by atoms with E-state index in [-0.39, 0.29) is 12.6 Å². The molecular formula is C5H6N2O2S. The van der Waals surface area contributed by atoms with Gasteiger partial charge in [0, 0.05) is 6.92 Å². The number of nitrogens with zero attached hydrogens (tertiary/aromatic N) is 2. The SMILES string of the molecule is CC(=O)OCc1nncs1. The van der Waals surface area contributed by atoms with Crippen LogP contribution in [0.3, 0.4) is 0 Å². The van der Waals surface area contributed by atoms with Crippen molar-refractivity contribution in [2.45, 2.75) is 13.5 Å². The van der Waals surface area contributed by atoms with Crippen LogP contribution in [0.4, 0.5) is 0 Å². The van der Waals surface area contributed by atoms with Crippen molar-refractivity contribution in [1.82, 2.24) is 10.2 Å². The van der Waals surface area contributed by atoms with Gasteiger partial charge in [0.2, 0.25) is 0 Å². The minimum absolute atomic E-state index is 0.236. The lowest BCUT2D eigenvalue weighted by Gasteiger charge is -1.94. The Balaban J connectivity index is 2.35. The molecule has 10 heavy (non-hydrogen) atoms. The molecule has 0 aromatic carbocycles. The van der Waals surface area contributed by atoms with E-state index in [9.17, 15) is 4.79 Å². The van der Waals surface area contributed by atoms with Gasteiger partial charge in [-0.1, -0.05) is 0 Å². The van der Waals surface area contributed by atoms with Crippen molar-refractivity contribution >= 4 is 17.3 Å². The van der Waals surface area contributed by atoms with Gasteiger partial charge < -0.3 is 4.74 Å². The Kier molecular flexibility index (Phi) is 2.33. The third-order valence-corrected chi connectivity index (χ3v) is 1.48. The molecule has 0 aliphatic carbocycles. The first kappa shape index (κ1) is 7.14. The van der Waals surface area contributed by atoms with E-state index in [1.54, 1.807) is 5.51 Å². The first-order chi connectivity index (χ1) is 4.79. The Morgan fingerprint density at radius 1 is 1.90 bits per heavy atom. The number of ether oxygens (including phenoxy) is 1. The van der Waals surface area contributed by atoms with Gasteiger partial charge in [-0.05, 0) is 0 Å². The Bertz CT molecular complexity index is 209. The largest absolute Gasteiger partial charge is 0.458 e. The van der Waals surface area contributed by atoms with Crippen LogP contribution in [-0.2, 0) is 16.1 Å². The van der Waals surface area contributed by atoms with Crippen LogP contribution in [0.5, 0.6) is 0 Å². The molecular weight excluding hydrogens is 152 g/mol. The summed E-state index contributed by atoms with van der Waals surface area (Å²) in [5.41, 5.74) is 1.60. The molecule has 0 amide bonds. The van der Waals surface area contributed by atoms with Crippen molar-refractivity contribution in [3.63, 3.8) is 0 Å². The van der Waals surface area contributed by atoms with Crippen LogP contribution in [0, 0.1) is 0 Å². The predicted molar refractivity (Wildman–Crippen MR) is 35.4 cm³/mol. The van der Waals surface area contributed by atoms with Crippen LogP contribution in [0.15, 0.2) is 5.51 Å². The van der Waals surface area contributed by atoms with Crippen molar-refractivity contribution in [3.05, 3.63) is 10.5 Å². The first-order valence-corrected chi connectivity index (χ1v) is 3.55. The summed E-state index contributed by atoms with van der Waals surface area (Å²) in [6.45, 7) is 1.60. The van der Waals surface area contributed by atoms with Crippen molar-refractivity contribution in [2.24, 2.45) is 0 Å². The summed E-state index contributed by atoms with van der Waals surface area (Å²) >= 11 is 1.37. The van der Waals surface area contributed by atoms with E-state index in [1.165, 1.54) is 18.3 Å². The fraction of sp³-hybridized carbons (Fsp3) is 0.400. The van der Waals surface area contributed by atoms with Gasteiger partial charge in [0.15, 0.2) is 5.01 Å². The fourth-order valence-electron chi connectivity index (χ4n) is 0.422. The number of rotatable bonds is 2. The highest BCUT2D eigenvalue weighted by Crippen LogP contribution is 2.02. The summed E-state index contributed by atoms with van der Waals surface area (Å²) < 4.78 is 4.66. The highest BCUT2D eigenvalue weighted by molar-refractivity contribution is 7.09. The Morgan fingerprint density at radius 2 is 2.70 bits per heavy atom. The highest BCUT2D eigenvalue weighted by Gasteiger charge is 1.97. The number of hydrogen-bond donors (Lipinski definition) is 0. The van der Waals surface area contributed by atoms with Crippen LogP contribution in [0.2, 0.25) is 0 Å². The lowest BCUT2D eigenvalue weighted by atomic mass is 10.7. The van der Waals surface area contributed by atoms with Gasteiger partial charge in [-0.2, -0.15) is 0 Å². The lowest BCUT2D eigenvalue weighted by Crippen LogP contribution is -1.97. The van der Waals surface area contributed by atoms with Crippen LogP contribution < -0.4 is 0 Å². The molecule has 0 saturated carbocycles. The van der Waals surface area contributed by atoms with Gasteiger partial charge in [-0.25, -0.2) is 0 Å². The second kappa shape index (κ2) is 3.26. The molecule has 4 nitrogen and oxygen atoms in total. The van der Waals surface area contributed by atoms with Crippen molar-refractivity contribution in [1.29, 1.82) is 0 Å². The van der Waals surface area contributed by atoms with E-state index < -0.39 is 0 Å². The molecule has 0 radical (unpaired) electrons. The maximum Gasteiger partial charge on any atom is 0.303 e. The minimum atomic E-state index is -0.296. The van der Waals surface area contributed by atoms with Gasteiger partial charge in [0.05, 0.1) is 0 Å². The molecule has 0 unspecified atom stereocenters. The number of carbonyl (C=O) groups excluding carboxylic acids is 1. The Labute approximate surface area is 61.8 Å². The molecule has 1 rings (SSSR count). The number of esters is 1. The topological polar surface area (TPSA) is 52.1 Å². The van der Waals surface area contributed by atoms with Crippen molar-refractivity contribution in [2.75, 3.05) is 0 Å². The molecule has 0 N–H and O–H groups in total. The maximum atomic E-state index is 10.3. The van der Waals surface area contributed by atoms with Gasteiger partial charge in [0.25, 0.3) is 0 Å². The average Bonchev–Trinajstić information content (AvgIpc) is 2.34. The smallest absolute Gasteiger partial charge is 0.303 e. The fourth-order valence-corrected chi connectivity index (χ4v) is 0.859. The standard InChI is InChI=1S/C5H6N2O2S/c1-4(8)9-2-5-7-6-3-10-5/h3H,2H2,1H3. The van der Waals surface area contributed by atoms with E-state index in [2.05, 4.69) is 14.9 Å². The van der Waals surface area contributed by atoms with E-state index in [4.69, 9.17) is 0 Å². The molecule has 0 spiro atoms. The van der Waals surface area contributed by atoms with E-state index in [1.807, 2.05) is 0 Å². The zero-order valence-electron chi connectivity index (χ0n) is 5.40. The quantitative estimate of drug-likeness (QED) is 0.591. The van der Waals surface area contributed by atoms with Crippen LogP contribution in [-0.4, -0.2) is 16.2 Å². The van der Waals surface area contributed by atoms with Crippen LogP contribution >= 0.6 is 11.3 Å². The van der Waals surface area contributed by atoms with Crippen molar-refractivity contribution < 1.29 is 9.53 Å². The molecule has 1 heterocycles. The minimum Gasteiger partial charge on any atom is -0.458 e. The van der Waals surface area contributed by atoms with E-state index >= 15 is 0 Å². The molecule has 0 fully saturated rings. The molecule has 5 heteroatoms. The number of hydrogen-bond acceptors (Lipinski definition) is 5. The van der Waals surface area contributed by atoms with Gasteiger partial charge in [-0.3, -0.25) is 4.79 Å². The van der Waals surface area contributed by atoms with Crippen LogP contribution in [0.25, 0.3) is 0 Å². The summed E-state index contributed by atoms with van der Waals surface area (Å²) in [5, 5.41) is 7.97.